The molecule has 0 atom stereocenters. The molecule has 0 aromatic carbocycles. The molecule has 0 amide bonds. The average Bonchev–Trinajstić information content (AvgIpc) is 2.81. The first-order valence-electron chi connectivity index (χ1n) is 6.20. The molecule has 0 fully saturated rings. The van der Waals surface area contributed by atoms with E-state index in [1.165, 1.54) is 17.7 Å². The van der Waals surface area contributed by atoms with E-state index in [0.717, 1.165) is 26.2 Å². The molecular weight excluding hydrogens is 218 g/mol. The lowest BCUT2D eigenvalue weighted by atomic mass is 10.2. The fourth-order valence-electron chi connectivity index (χ4n) is 1.64. The number of hydrogen-bond acceptors (Lipinski definition) is 3. The lowest BCUT2D eigenvalue weighted by molar-refractivity contribution is 0.137. The Hall–Kier alpha value is -0.380. The number of hydrogen-bond donors (Lipinski definition) is 1. The highest BCUT2D eigenvalue weighted by Gasteiger charge is 2.00. The molecule has 1 aromatic heterocycles. The summed E-state index contributed by atoms with van der Waals surface area (Å²) in [6, 6.07) is 4.91. The second kappa shape index (κ2) is 8.74. The summed E-state index contributed by atoms with van der Waals surface area (Å²) in [4.78, 5) is 1.41. The SMILES string of the molecule is CCC(CC)NCCOCCc1cccs1. The van der Waals surface area contributed by atoms with Gasteiger partial charge in [-0.1, -0.05) is 19.9 Å². The van der Waals surface area contributed by atoms with E-state index in [0.29, 0.717) is 6.04 Å². The van der Waals surface area contributed by atoms with Gasteiger partial charge in [-0.25, -0.2) is 0 Å². The van der Waals surface area contributed by atoms with E-state index in [1.54, 1.807) is 11.3 Å². The minimum Gasteiger partial charge on any atom is -0.380 e. The fraction of sp³-hybridized carbons (Fsp3) is 0.692. The third-order valence-corrected chi connectivity index (χ3v) is 3.67. The standard InChI is InChI=1S/C13H23NOS/c1-3-12(4-2)14-8-10-15-9-7-13-6-5-11-16-13/h5-6,11-12,14H,3-4,7-10H2,1-2H3. The van der Waals surface area contributed by atoms with Gasteiger partial charge in [0.15, 0.2) is 0 Å². The fourth-order valence-corrected chi connectivity index (χ4v) is 2.33. The lowest BCUT2D eigenvalue weighted by Crippen LogP contribution is -2.30. The van der Waals surface area contributed by atoms with E-state index < -0.39 is 0 Å². The Balaban J connectivity index is 1.92. The van der Waals surface area contributed by atoms with Crippen molar-refractivity contribution >= 4 is 11.3 Å². The van der Waals surface area contributed by atoms with Gasteiger partial charge in [0.1, 0.15) is 0 Å². The molecule has 1 aromatic rings. The average molecular weight is 241 g/mol. The first kappa shape index (κ1) is 13.7. The number of rotatable bonds is 9. The van der Waals surface area contributed by atoms with Crippen LogP contribution in [0.15, 0.2) is 17.5 Å². The predicted molar refractivity (Wildman–Crippen MR) is 71.2 cm³/mol. The Labute approximate surface area is 103 Å². The van der Waals surface area contributed by atoms with E-state index in [2.05, 4.69) is 36.7 Å². The lowest BCUT2D eigenvalue weighted by Gasteiger charge is -2.14. The van der Waals surface area contributed by atoms with Crippen molar-refractivity contribution < 1.29 is 4.74 Å². The summed E-state index contributed by atoms with van der Waals surface area (Å²) in [6.07, 6.45) is 3.44. The van der Waals surface area contributed by atoms with Gasteiger partial charge in [-0.15, -0.1) is 11.3 Å². The molecule has 1 rings (SSSR count). The highest BCUT2D eigenvalue weighted by atomic mass is 32.1. The minimum absolute atomic E-state index is 0.654. The van der Waals surface area contributed by atoms with E-state index >= 15 is 0 Å². The Morgan fingerprint density at radius 2 is 2.12 bits per heavy atom. The van der Waals surface area contributed by atoms with E-state index in [1.807, 2.05) is 0 Å². The molecule has 0 saturated heterocycles. The van der Waals surface area contributed by atoms with Crippen LogP contribution in [0.5, 0.6) is 0 Å². The maximum atomic E-state index is 5.59. The normalized spacial score (nSPS) is 11.2. The first-order chi connectivity index (χ1) is 7.86. The molecule has 0 aliphatic heterocycles. The van der Waals surface area contributed by atoms with Crippen LogP contribution in [0, 0.1) is 0 Å². The summed E-state index contributed by atoms with van der Waals surface area (Å²) >= 11 is 1.80. The number of ether oxygens (including phenoxy) is 1. The van der Waals surface area contributed by atoms with Crippen molar-refractivity contribution in [2.24, 2.45) is 0 Å². The van der Waals surface area contributed by atoms with Gasteiger partial charge in [-0.3, -0.25) is 0 Å². The summed E-state index contributed by atoms with van der Waals surface area (Å²) in [5, 5.41) is 5.61. The quantitative estimate of drug-likeness (QED) is 0.671. The maximum Gasteiger partial charge on any atom is 0.0591 e. The first-order valence-corrected chi connectivity index (χ1v) is 7.08. The largest absolute Gasteiger partial charge is 0.380 e. The molecule has 2 nitrogen and oxygen atoms in total. The Bertz CT molecular complexity index is 244. The van der Waals surface area contributed by atoms with Gasteiger partial charge < -0.3 is 10.1 Å². The van der Waals surface area contributed by atoms with Crippen molar-refractivity contribution in [3.63, 3.8) is 0 Å². The molecule has 3 heteroatoms. The van der Waals surface area contributed by atoms with Gasteiger partial charge in [0.05, 0.1) is 13.2 Å². The van der Waals surface area contributed by atoms with Gasteiger partial charge in [0, 0.05) is 23.9 Å². The molecule has 0 unspecified atom stereocenters. The summed E-state index contributed by atoms with van der Waals surface area (Å²) in [5.74, 6) is 0. The second-order valence-electron chi connectivity index (χ2n) is 3.91. The van der Waals surface area contributed by atoms with Gasteiger partial charge in [-0.2, -0.15) is 0 Å². The van der Waals surface area contributed by atoms with Crippen LogP contribution in [-0.2, 0) is 11.2 Å². The Morgan fingerprint density at radius 1 is 1.31 bits per heavy atom. The van der Waals surface area contributed by atoms with Crippen LogP contribution in [0.4, 0.5) is 0 Å². The molecule has 0 saturated carbocycles. The Kier molecular flexibility index (Phi) is 7.47. The van der Waals surface area contributed by atoms with Gasteiger partial charge in [0.2, 0.25) is 0 Å². The third-order valence-electron chi connectivity index (χ3n) is 2.74. The van der Waals surface area contributed by atoms with Crippen LogP contribution >= 0.6 is 11.3 Å². The minimum atomic E-state index is 0.654. The number of thiophene rings is 1. The van der Waals surface area contributed by atoms with Crippen molar-refractivity contribution in [3.8, 4) is 0 Å². The summed E-state index contributed by atoms with van der Waals surface area (Å²) in [6.45, 7) is 7.07. The smallest absolute Gasteiger partial charge is 0.0591 e. The molecule has 0 aliphatic rings. The van der Waals surface area contributed by atoms with Gasteiger partial charge in [-0.05, 0) is 24.3 Å². The van der Waals surface area contributed by atoms with Crippen molar-refractivity contribution in [3.05, 3.63) is 22.4 Å². The molecule has 0 aliphatic carbocycles. The van der Waals surface area contributed by atoms with Crippen LogP contribution < -0.4 is 5.32 Å². The van der Waals surface area contributed by atoms with Crippen LogP contribution in [0.3, 0.4) is 0 Å². The van der Waals surface area contributed by atoms with Crippen LogP contribution in [0.2, 0.25) is 0 Å². The van der Waals surface area contributed by atoms with Crippen LogP contribution in [0.25, 0.3) is 0 Å². The van der Waals surface area contributed by atoms with Crippen molar-refractivity contribution in [1.29, 1.82) is 0 Å². The zero-order valence-electron chi connectivity index (χ0n) is 10.4. The predicted octanol–water partition coefficient (Wildman–Crippen LogP) is 3.09. The maximum absolute atomic E-state index is 5.59. The third kappa shape index (κ3) is 5.64. The summed E-state index contributed by atoms with van der Waals surface area (Å²) in [5.41, 5.74) is 0. The molecular formula is C13H23NOS. The molecule has 1 heterocycles. The van der Waals surface area contributed by atoms with Crippen LogP contribution in [0.1, 0.15) is 31.6 Å². The topological polar surface area (TPSA) is 21.3 Å². The van der Waals surface area contributed by atoms with Crippen molar-refractivity contribution in [2.45, 2.75) is 39.2 Å². The number of nitrogens with one attached hydrogen (secondary N) is 1. The van der Waals surface area contributed by atoms with E-state index in [-0.39, 0.29) is 0 Å². The second-order valence-corrected chi connectivity index (χ2v) is 4.94. The zero-order valence-corrected chi connectivity index (χ0v) is 11.2. The van der Waals surface area contributed by atoms with E-state index in [4.69, 9.17) is 4.74 Å². The summed E-state index contributed by atoms with van der Waals surface area (Å²) in [7, 11) is 0. The molecule has 92 valence electrons. The van der Waals surface area contributed by atoms with Crippen molar-refractivity contribution in [2.75, 3.05) is 19.8 Å². The van der Waals surface area contributed by atoms with Gasteiger partial charge in [0.25, 0.3) is 0 Å². The highest BCUT2D eigenvalue weighted by Crippen LogP contribution is 2.08. The molecule has 0 bridgehead atoms. The molecule has 0 spiro atoms. The summed E-state index contributed by atoms with van der Waals surface area (Å²) < 4.78 is 5.59. The highest BCUT2D eigenvalue weighted by molar-refractivity contribution is 7.09. The Morgan fingerprint density at radius 3 is 2.75 bits per heavy atom. The van der Waals surface area contributed by atoms with Crippen molar-refractivity contribution in [1.82, 2.24) is 5.32 Å². The van der Waals surface area contributed by atoms with Crippen LogP contribution in [-0.4, -0.2) is 25.8 Å². The molecule has 0 radical (unpaired) electrons. The monoisotopic (exact) mass is 241 g/mol. The van der Waals surface area contributed by atoms with Gasteiger partial charge >= 0.3 is 0 Å². The molecule has 1 N–H and O–H groups in total. The zero-order chi connectivity index (χ0) is 11.6. The van der Waals surface area contributed by atoms with E-state index in [9.17, 15) is 0 Å². The molecule has 16 heavy (non-hydrogen) atoms.